The Morgan fingerprint density at radius 3 is 0.695 bits per heavy atom. The third-order valence-corrected chi connectivity index (χ3v) is 16.6. The maximum Gasteiger partial charge on any atom is 0.306 e. The molecule has 0 spiro atoms. The maximum absolute atomic E-state index is 12.9. The summed E-state index contributed by atoms with van der Waals surface area (Å²) in [6, 6.07) is 0. The summed E-state index contributed by atoms with van der Waals surface area (Å²) in [7, 11) is 0. The van der Waals surface area contributed by atoms with E-state index < -0.39 is 6.10 Å². The standard InChI is InChI=1S/C76H140O6/c1-4-7-10-13-16-19-21-23-25-27-29-31-33-35-37-38-40-41-43-45-47-49-51-53-55-57-60-63-66-69-75(78)81-72-73(71-80-74(77)68-65-62-59-18-15-12-9-6-3)82-76(79)70-67-64-61-58-56-54-52-50-48-46-44-42-39-36-34-32-30-28-26-24-22-20-17-14-11-8-5-2/h21,23,27-30,33,35,73H,4-20,22,24-26,31-32,34,36-72H2,1-3H3/b23-21-,29-27-,30-28-,35-33-. The second kappa shape index (κ2) is 70.9. The molecule has 0 radical (unpaired) electrons. The number of hydrogen-bond acceptors (Lipinski definition) is 6. The van der Waals surface area contributed by atoms with Crippen molar-refractivity contribution in [2.45, 2.75) is 406 Å². The molecule has 0 fully saturated rings. The first kappa shape index (κ1) is 79.4. The van der Waals surface area contributed by atoms with Crippen molar-refractivity contribution in [1.29, 1.82) is 0 Å². The quantitative estimate of drug-likeness (QED) is 0.0261. The number of carbonyl (C=O) groups is 3. The molecule has 0 bridgehead atoms. The molecule has 6 heteroatoms. The molecule has 0 aromatic carbocycles. The minimum absolute atomic E-state index is 0.0682. The van der Waals surface area contributed by atoms with Crippen LogP contribution in [0.4, 0.5) is 0 Å². The van der Waals surface area contributed by atoms with Gasteiger partial charge in [0.25, 0.3) is 0 Å². The topological polar surface area (TPSA) is 78.9 Å². The Hall–Kier alpha value is -2.63. The zero-order chi connectivity index (χ0) is 59.2. The maximum atomic E-state index is 12.9. The zero-order valence-corrected chi connectivity index (χ0v) is 55.3. The first-order chi connectivity index (χ1) is 40.5. The Balaban J connectivity index is 4.06. The largest absolute Gasteiger partial charge is 0.462 e. The van der Waals surface area contributed by atoms with Gasteiger partial charge in [0.2, 0.25) is 0 Å². The number of unbranched alkanes of at least 4 members (excludes halogenated alkanes) is 49. The number of esters is 3. The van der Waals surface area contributed by atoms with Gasteiger partial charge in [-0.05, 0) is 83.5 Å². The van der Waals surface area contributed by atoms with Crippen molar-refractivity contribution >= 4 is 17.9 Å². The Bertz CT molecular complexity index is 1410. The molecule has 0 heterocycles. The SMILES string of the molecule is CCCCCCC/C=C\C/C=C\C/C=C\CCCCCCCCCCCCCCCCC(=O)OCC(COC(=O)CCCCCCCCCC)OC(=O)CCCCCCCCCCCCCCCCC/C=C\CCCCCCCCCC. The van der Waals surface area contributed by atoms with Crippen LogP contribution in [0, 0.1) is 0 Å². The van der Waals surface area contributed by atoms with E-state index in [0.717, 1.165) is 70.6 Å². The Labute approximate surface area is 511 Å². The Kier molecular flexibility index (Phi) is 68.6. The second-order valence-corrected chi connectivity index (χ2v) is 24.9. The smallest absolute Gasteiger partial charge is 0.306 e. The molecular weight excluding hydrogens is 1010 g/mol. The van der Waals surface area contributed by atoms with E-state index in [1.165, 1.54) is 289 Å². The fourth-order valence-corrected chi connectivity index (χ4v) is 11.0. The molecule has 0 amide bonds. The highest BCUT2D eigenvalue weighted by molar-refractivity contribution is 5.71. The predicted octanol–water partition coefficient (Wildman–Crippen LogP) is 25.3. The summed E-state index contributed by atoms with van der Waals surface area (Å²) >= 11 is 0. The highest BCUT2D eigenvalue weighted by Crippen LogP contribution is 2.18. The van der Waals surface area contributed by atoms with Crippen molar-refractivity contribution in [1.82, 2.24) is 0 Å². The van der Waals surface area contributed by atoms with Gasteiger partial charge in [-0.25, -0.2) is 0 Å². The summed E-state index contributed by atoms with van der Waals surface area (Å²) in [5, 5.41) is 0. The van der Waals surface area contributed by atoms with Gasteiger partial charge in [0.15, 0.2) is 6.10 Å². The highest BCUT2D eigenvalue weighted by atomic mass is 16.6. The van der Waals surface area contributed by atoms with E-state index in [0.29, 0.717) is 19.3 Å². The van der Waals surface area contributed by atoms with Gasteiger partial charge in [-0.2, -0.15) is 0 Å². The van der Waals surface area contributed by atoms with E-state index in [4.69, 9.17) is 14.2 Å². The van der Waals surface area contributed by atoms with Crippen molar-refractivity contribution < 1.29 is 28.6 Å². The van der Waals surface area contributed by atoms with E-state index in [-0.39, 0.29) is 31.1 Å². The Morgan fingerprint density at radius 1 is 0.244 bits per heavy atom. The van der Waals surface area contributed by atoms with Gasteiger partial charge in [-0.1, -0.05) is 345 Å². The lowest BCUT2D eigenvalue weighted by molar-refractivity contribution is -0.167. The molecule has 82 heavy (non-hydrogen) atoms. The molecule has 0 aliphatic carbocycles. The second-order valence-electron chi connectivity index (χ2n) is 24.9. The van der Waals surface area contributed by atoms with E-state index in [1.54, 1.807) is 0 Å². The van der Waals surface area contributed by atoms with Crippen molar-refractivity contribution in [3.63, 3.8) is 0 Å². The summed E-state index contributed by atoms with van der Waals surface area (Å²) in [4.78, 5) is 38.3. The molecule has 0 aromatic heterocycles. The van der Waals surface area contributed by atoms with Gasteiger partial charge in [0, 0.05) is 19.3 Å². The van der Waals surface area contributed by atoms with E-state index in [2.05, 4.69) is 69.4 Å². The minimum atomic E-state index is -0.770. The lowest BCUT2D eigenvalue weighted by Gasteiger charge is -2.18. The van der Waals surface area contributed by atoms with Gasteiger partial charge in [0.1, 0.15) is 13.2 Å². The van der Waals surface area contributed by atoms with Gasteiger partial charge in [-0.15, -0.1) is 0 Å². The van der Waals surface area contributed by atoms with Gasteiger partial charge >= 0.3 is 17.9 Å². The van der Waals surface area contributed by atoms with Crippen molar-refractivity contribution in [3.8, 4) is 0 Å². The van der Waals surface area contributed by atoms with Crippen molar-refractivity contribution in [2.24, 2.45) is 0 Å². The van der Waals surface area contributed by atoms with Crippen molar-refractivity contribution in [2.75, 3.05) is 13.2 Å². The van der Waals surface area contributed by atoms with Crippen LogP contribution in [-0.4, -0.2) is 37.2 Å². The number of carbonyl (C=O) groups excluding carboxylic acids is 3. The van der Waals surface area contributed by atoms with E-state index in [9.17, 15) is 14.4 Å². The summed E-state index contributed by atoms with van der Waals surface area (Å²) in [5.41, 5.74) is 0. The third kappa shape index (κ3) is 68.2. The molecule has 0 aliphatic heterocycles. The molecule has 0 aromatic rings. The lowest BCUT2D eigenvalue weighted by Crippen LogP contribution is -2.30. The molecule has 1 unspecified atom stereocenters. The van der Waals surface area contributed by atoms with Crippen LogP contribution in [0.3, 0.4) is 0 Å². The van der Waals surface area contributed by atoms with Crippen LogP contribution in [0.5, 0.6) is 0 Å². The number of rotatable bonds is 68. The molecule has 1 atom stereocenters. The monoisotopic (exact) mass is 1150 g/mol. The number of allylic oxidation sites excluding steroid dienone is 8. The number of ether oxygens (including phenoxy) is 3. The fourth-order valence-electron chi connectivity index (χ4n) is 11.0. The molecule has 0 rings (SSSR count). The summed E-state index contributed by atoms with van der Waals surface area (Å²) in [6.45, 7) is 6.66. The molecule has 0 N–H and O–H groups in total. The fraction of sp³-hybridized carbons (Fsp3) is 0.855. The molecule has 480 valence electrons. The van der Waals surface area contributed by atoms with Gasteiger partial charge in [0.05, 0.1) is 0 Å². The molecule has 0 saturated carbocycles. The average molecular weight is 1150 g/mol. The first-order valence-electron chi connectivity index (χ1n) is 36.6. The minimum Gasteiger partial charge on any atom is -0.462 e. The van der Waals surface area contributed by atoms with Gasteiger partial charge in [-0.3, -0.25) is 14.4 Å². The van der Waals surface area contributed by atoms with Crippen LogP contribution in [0.1, 0.15) is 400 Å². The average Bonchev–Trinajstić information content (AvgIpc) is 3.47. The highest BCUT2D eigenvalue weighted by Gasteiger charge is 2.19. The summed E-state index contributed by atoms with van der Waals surface area (Å²) in [6.07, 6.45) is 90.3. The normalized spacial score (nSPS) is 12.3. The first-order valence-corrected chi connectivity index (χ1v) is 36.6. The van der Waals surface area contributed by atoms with E-state index in [1.807, 2.05) is 0 Å². The van der Waals surface area contributed by atoms with Gasteiger partial charge < -0.3 is 14.2 Å². The summed E-state index contributed by atoms with van der Waals surface area (Å²) < 4.78 is 16.9. The summed E-state index contributed by atoms with van der Waals surface area (Å²) in [5.74, 6) is -0.848. The number of hydrogen-bond donors (Lipinski definition) is 0. The molecule has 0 aliphatic rings. The van der Waals surface area contributed by atoms with Crippen LogP contribution in [-0.2, 0) is 28.6 Å². The predicted molar refractivity (Wildman–Crippen MR) is 358 cm³/mol. The molecule has 6 nitrogen and oxygen atoms in total. The van der Waals surface area contributed by atoms with Crippen molar-refractivity contribution in [3.05, 3.63) is 48.6 Å². The van der Waals surface area contributed by atoms with Crippen LogP contribution in [0.2, 0.25) is 0 Å². The zero-order valence-electron chi connectivity index (χ0n) is 55.3. The van der Waals surface area contributed by atoms with Crippen LogP contribution >= 0.6 is 0 Å². The third-order valence-electron chi connectivity index (χ3n) is 16.6. The molecule has 0 saturated heterocycles. The Morgan fingerprint density at radius 2 is 0.439 bits per heavy atom. The lowest BCUT2D eigenvalue weighted by atomic mass is 10.0. The van der Waals surface area contributed by atoms with E-state index >= 15 is 0 Å². The van der Waals surface area contributed by atoms with Crippen LogP contribution < -0.4 is 0 Å². The molecular formula is C76H140O6. The van der Waals surface area contributed by atoms with Crippen LogP contribution in [0.15, 0.2) is 48.6 Å². The van der Waals surface area contributed by atoms with Crippen LogP contribution in [0.25, 0.3) is 0 Å².